The maximum Gasteiger partial charge on any atom is 0.0798 e. The van der Waals surface area contributed by atoms with Gasteiger partial charge in [0.2, 0.25) is 0 Å². The van der Waals surface area contributed by atoms with Crippen molar-refractivity contribution >= 4 is 0 Å². The van der Waals surface area contributed by atoms with Crippen molar-refractivity contribution < 1.29 is 10.2 Å². The van der Waals surface area contributed by atoms with Gasteiger partial charge in [-0.3, -0.25) is 0 Å². The van der Waals surface area contributed by atoms with E-state index < -0.39 is 12.2 Å². The summed E-state index contributed by atoms with van der Waals surface area (Å²) in [5.74, 6) is 0.174. The number of rotatable bonds is 0. The molecule has 52 valence electrons. The number of hydrogen-bond donors (Lipinski definition) is 2. The summed E-state index contributed by atoms with van der Waals surface area (Å²) in [6.45, 7) is 5.48. The highest BCUT2D eigenvalue weighted by atomic mass is 16.3. The fraction of sp³-hybridized carbons (Fsp3) is 0.714. The van der Waals surface area contributed by atoms with Gasteiger partial charge in [-0.2, -0.15) is 0 Å². The molecule has 1 saturated carbocycles. The zero-order valence-corrected chi connectivity index (χ0v) is 5.54. The van der Waals surface area contributed by atoms with E-state index in [0.29, 0.717) is 12.0 Å². The Labute approximate surface area is 54.8 Å². The lowest BCUT2D eigenvalue weighted by molar-refractivity contribution is 0.172. The number of aliphatic hydroxyl groups excluding tert-OH is 2. The summed E-state index contributed by atoms with van der Waals surface area (Å²) in [5.41, 5.74) is 0.572. The monoisotopic (exact) mass is 128 g/mol. The first-order valence-corrected chi connectivity index (χ1v) is 3.17. The summed E-state index contributed by atoms with van der Waals surface area (Å²) in [5, 5.41) is 18.3. The molecular formula is C7H12O2. The van der Waals surface area contributed by atoms with Gasteiger partial charge < -0.3 is 10.2 Å². The van der Waals surface area contributed by atoms with Crippen LogP contribution in [0.3, 0.4) is 0 Å². The molecule has 2 heteroatoms. The van der Waals surface area contributed by atoms with Crippen LogP contribution < -0.4 is 0 Å². The van der Waals surface area contributed by atoms with Crippen LogP contribution in [0.2, 0.25) is 0 Å². The summed E-state index contributed by atoms with van der Waals surface area (Å²) >= 11 is 0. The third kappa shape index (κ3) is 1.00. The third-order valence-corrected chi connectivity index (χ3v) is 1.94. The first kappa shape index (κ1) is 6.78. The molecule has 0 saturated heterocycles. The highest BCUT2D eigenvalue weighted by Crippen LogP contribution is 2.28. The minimum Gasteiger partial charge on any atom is -0.389 e. The molecule has 1 aliphatic rings. The van der Waals surface area contributed by atoms with E-state index in [1.165, 1.54) is 0 Å². The average molecular weight is 128 g/mol. The number of aliphatic hydroxyl groups is 2. The van der Waals surface area contributed by atoms with E-state index in [2.05, 4.69) is 6.58 Å². The van der Waals surface area contributed by atoms with Gasteiger partial charge in [0, 0.05) is 0 Å². The van der Waals surface area contributed by atoms with E-state index in [9.17, 15) is 5.11 Å². The molecule has 0 bridgehead atoms. The number of hydrogen-bond acceptors (Lipinski definition) is 2. The van der Waals surface area contributed by atoms with Crippen molar-refractivity contribution in [2.45, 2.75) is 25.6 Å². The van der Waals surface area contributed by atoms with E-state index in [4.69, 9.17) is 5.11 Å². The SMILES string of the molecule is C=C1C(O)CC(C)C1O. The van der Waals surface area contributed by atoms with Crippen molar-refractivity contribution in [1.82, 2.24) is 0 Å². The van der Waals surface area contributed by atoms with Crippen LogP contribution in [0.4, 0.5) is 0 Å². The van der Waals surface area contributed by atoms with E-state index in [1.54, 1.807) is 0 Å². The highest BCUT2D eigenvalue weighted by Gasteiger charge is 2.31. The van der Waals surface area contributed by atoms with Crippen LogP contribution in [0.1, 0.15) is 13.3 Å². The smallest absolute Gasteiger partial charge is 0.0798 e. The lowest BCUT2D eigenvalue weighted by Crippen LogP contribution is -2.11. The second-order valence-electron chi connectivity index (χ2n) is 2.75. The summed E-state index contributed by atoms with van der Waals surface area (Å²) in [4.78, 5) is 0. The Kier molecular flexibility index (Phi) is 1.60. The molecule has 3 unspecified atom stereocenters. The van der Waals surface area contributed by atoms with Crippen LogP contribution in [0, 0.1) is 5.92 Å². The van der Waals surface area contributed by atoms with Crippen molar-refractivity contribution in [2.24, 2.45) is 5.92 Å². The van der Waals surface area contributed by atoms with E-state index >= 15 is 0 Å². The summed E-state index contributed by atoms with van der Waals surface area (Å²) in [7, 11) is 0. The molecule has 0 aromatic heterocycles. The van der Waals surface area contributed by atoms with Gasteiger partial charge in [-0.15, -0.1) is 0 Å². The summed E-state index contributed by atoms with van der Waals surface area (Å²) < 4.78 is 0. The third-order valence-electron chi connectivity index (χ3n) is 1.94. The van der Waals surface area contributed by atoms with Crippen molar-refractivity contribution in [3.63, 3.8) is 0 Å². The van der Waals surface area contributed by atoms with Crippen molar-refractivity contribution in [3.05, 3.63) is 12.2 Å². The van der Waals surface area contributed by atoms with E-state index in [0.717, 1.165) is 0 Å². The van der Waals surface area contributed by atoms with Crippen LogP contribution in [-0.4, -0.2) is 22.4 Å². The average Bonchev–Trinajstić information content (AvgIpc) is 1.98. The molecular weight excluding hydrogens is 116 g/mol. The first-order chi connectivity index (χ1) is 4.13. The molecule has 0 aliphatic heterocycles. The van der Waals surface area contributed by atoms with Gasteiger partial charge in [0.15, 0.2) is 0 Å². The predicted octanol–water partition coefficient (Wildman–Crippen LogP) is 0.304. The molecule has 0 heterocycles. The fourth-order valence-electron chi connectivity index (χ4n) is 1.19. The molecule has 9 heavy (non-hydrogen) atoms. The van der Waals surface area contributed by atoms with Crippen molar-refractivity contribution in [2.75, 3.05) is 0 Å². The molecule has 0 amide bonds. The molecule has 2 nitrogen and oxygen atoms in total. The molecule has 2 N–H and O–H groups in total. The predicted molar refractivity (Wildman–Crippen MR) is 34.9 cm³/mol. The van der Waals surface area contributed by atoms with Crippen LogP contribution >= 0.6 is 0 Å². The second kappa shape index (κ2) is 2.12. The zero-order valence-electron chi connectivity index (χ0n) is 5.54. The molecule has 1 rings (SSSR count). The van der Waals surface area contributed by atoms with Crippen LogP contribution in [0.5, 0.6) is 0 Å². The van der Waals surface area contributed by atoms with Crippen molar-refractivity contribution in [1.29, 1.82) is 0 Å². The first-order valence-electron chi connectivity index (χ1n) is 3.17. The second-order valence-corrected chi connectivity index (χ2v) is 2.75. The minimum atomic E-state index is -0.486. The standard InChI is InChI=1S/C7H12O2/c1-4-3-6(8)5(2)7(4)9/h4,6-9H,2-3H2,1H3. The minimum absolute atomic E-state index is 0.174. The van der Waals surface area contributed by atoms with Gasteiger partial charge in [0.25, 0.3) is 0 Å². The summed E-state index contributed by atoms with van der Waals surface area (Å²) in [6, 6.07) is 0. The molecule has 1 fully saturated rings. The lowest BCUT2D eigenvalue weighted by atomic mass is 10.1. The topological polar surface area (TPSA) is 40.5 Å². The fourth-order valence-corrected chi connectivity index (χ4v) is 1.19. The van der Waals surface area contributed by atoms with Crippen molar-refractivity contribution in [3.8, 4) is 0 Å². The van der Waals surface area contributed by atoms with Crippen LogP contribution in [0.15, 0.2) is 12.2 Å². The van der Waals surface area contributed by atoms with E-state index in [1.807, 2.05) is 6.92 Å². The normalized spacial score (nSPS) is 43.9. The van der Waals surface area contributed by atoms with Gasteiger partial charge in [-0.05, 0) is 17.9 Å². The van der Waals surface area contributed by atoms with Gasteiger partial charge in [-0.25, -0.2) is 0 Å². The lowest BCUT2D eigenvalue weighted by Gasteiger charge is -2.06. The maximum atomic E-state index is 9.18. The Balaban J connectivity index is 2.65. The molecule has 1 aliphatic carbocycles. The Morgan fingerprint density at radius 1 is 1.56 bits per heavy atom. The molecule has 0 aromatic carbocycles. The van der Waals surface area contributed by atoms with Gasteiger partial charge in [0.1, 0.15) is 0 Å². The van der Waals surface area contributed by atoms with Gasteiger partial charge >= 0.3 is 0 Å². The molecule has 0 aromatic rings. The molecule has 0 radical (unpaired) electrons. The van der Waals surface area contributed by atoms with Crippen LogP contribution in [-0.2, 0) is 0 Å². The van der Waals surface area contributed by atoms with Gasteiger partial charge in [-0.1, -0.05) is 13.5 Å². The van der Waals surface area contributed by atoms with Crippen LogP contribution in [0.25, 0.3) is 0 Å². The highest BCUT2D eigenvalue weighted by molar-refractivity contribution is 5.15. The summed E-state index contributed by atoms with van der Waals surface area (Å²) in [6.07, 6.45) is -0.310. The Hall–Kier alpha value is -0.340. The Morgan fingerprint density at radius 2 is 2.11 bits per heavy atom. The maximum absolute atomic E-state index is 9.18. The molecule has 3 atom stereocenters. The Morgan fingerprint density at radius 3 is 2.22 bits per heavy atom. The molecule has 0 spiro atoms. The quantitative estimate of drug-likeness (QED) is 0.461. The van der Waals surface area contributed by atoms with Gasteiger partial charge in [0.05, 0.1) is 12.2 Å². The Bertz CT molecular complexity index is 131. The zero-order chi connectivity index (χ0) is 7.02. The largest absolute Gasteiger partial charge is 0.389 e. The van der Waals surface area contributed by atoms with E-state index in [-0.39, 0.29) is 5.92 Å².